The Morgan fingerprint density at radius 1 is 1.50 bits per heavy atom. The highest BCUT2D eigenvalue weighted by Gasteiger charge is 2.12. The molecule has 1 aromatic rings. The molecule has 0 atom stereocenters. The molecule has 0 aromatic heterocycles. The van der Waals surface area contributed by atoms with E-state index in [0.29, 0.717) is 12.5 Å². The number of ether oxygens (including phenoxy) is 1. The predicted octanol–water partition coefficient (Wildman–Crippen LogP) is 2.95. The van der Waals surface area contributed by atoms with Crippen LogP contribution in [0.4, 0.5) is 4.39 Å². The number of carboxylic acids is 1. The highest BCUT2D eigenvalue weighted by Crippen LogP contribution is 2.20. The van der Waals surface area contributed by atoms with Gasteiger partial charge < -0.3 is 9.84 Å². The molecule has 0 saturated carbocycles. The summed E-state index contributed by atoms with van der Waals surface area (Å²) in [5.74, 6) is -1.06. The smallest absolute Gasteiger partial charge is 0.339 e. The van der Waals surface area contributed by atoms with Gasteiger partial charge in [-0.2, -0.15) is 0 Å². The third-order valence-electron chi connectivity index (χ3n) is 2.12. The van der Waals surface area contributed by atoms with Gasteiger partial charge in [-0.05, 0) is 30.5 Å². The summed E-state index contributed by atoms with van der Waals surface area (Å²) in [4.78, 5) is 10.8. The second-order valence-corrected chi connectivity index (χ2v) is 3.98. The lowest BCUT2D eigenvalue weighted by molar-refractivity contribution is 0.0691. The molecule has 0 unspecified atom stereocenters. The Hall–Kier alpha value is -1.58. The van der Waals surface area contributed by atoms with Crippen molar-refractivity contribution in [3.8, 4) is 5.75 Å². The largest absolute Gasteiger partial charge is 0.493 e. The van der Waals surface area contributed by atoms with E-state index in [1.54, 1.807) is 0 Å². The Labute approximate surface area is 93.9 Å². The summed E-state index contributed by atoms with van der Waals surface area (Å²) in [6, 6.07) is 3.50. The van der Waals surface area contributed by atoms with E-state index in [2.05, 4.69) is 0 Å². The van der Waals surface area contributed by atoms with Gasteiger partial charge in [-0.3, -0.25) is 0 Å². The first kappa shape index (κ1) is 12.5. The number of benzene rings is 1. The molecule has 0 fully saturated rings. The molecule has 4 heteroatoms. The van der Waals surface area contributed by atoms with Crippen molar-refractivity contribution in [1.82, 2.24) is 0 Å². The summed E-state index contributed by atoms with van der Waals surface area (Å²) in [7, 11) is 0. The van der Waals surface area contributed by atoms with Gasteiger partial charge in [-0.25, -0.2) is 9.18 Å². The standard InChI is InChI=1S/C12H15FO3/c1-8(2)5-6-16-11-4-3-9(13)7-10(11)12(14)15/h3-4,7-8H,5-6H2,1-2H3,(H,14,15). The summed E-state index contributed by atoms with van der Waals surface area (Å²) < 4.78 is 18.2. The normalized spacial score (nSPS) is 10.5. The minimum absolute atomic E-state index is 0.135. The van der Waals surface area contributed by atoms with Gasteiger partial charge in [0.2, 0.25) is 0 Å². The van der Waals surface area contributed by atoms with Crippen LogP contribution in [-0.4, -0.2) is 17.7 Å². The molecule has 88 valence electrons. The van der Waals surface area contributed by atoms with E-state index < -0.39 is 11.8 Å². The molecule has 0 aliphatic carbocycles. The van der Waals surface area contributed by atoms with Crippen molar-refractivity contribution in [1.29, 1.82) is 0 Å². The van der Waals surface area contributed by atoms with Crippen LogP contribution in [0.15, 0.2) is 18.2 Å². The summed E-state index contributed by atoms with van der Waals surface area (Å²) in [6.07, 6.45) is 0.830. The van der Waals surface area contributed by atoms with Crippen LogP contribution < -0.4 is 4.74 Å². The molecule has 1 N–H and O–H groups in total. The molecule has 0 bridgehead atoms. The third kappa shape index (κ3) is 3.53. The molecule has 0 radical (unpaired) electrons. The van der Waals surface area contributed by atoms with Gasteiger partial charge in [0.25, 0.3) is 0 Å². The van der Waals surface area contributed by atoms with E-state index in [1.165, 1.54) is 12.1 Å². The molecular weight excluding hydrogens is 211 g/mol. The van der Waals surface area contributed by atoms with Crippen LogP contribution in [0.1, 0.15) is 30.6 Å². The second kappa shape index (κ2) is 5.49. The minimum Gasteiger partial charge on any atom is -0.493 e. The van der Waals surface area contributed by atoms with Gasteiger partial charge >= 0.3 is 5.97 Å². The molecule has 0 aliphatic heterocycles. The van der Waals surface area contributed by atoms with Gasteiger partial charge in [-0.15, -0.1) is 0 Å². The Bertz CT molecular complexity index is 375. The molecule has 0 amide bonds. The van der Waals surface area contributed by atoms with Crippen LogP contribution in [0.2, 0.25) is 0 Å². The fourth-order valence-corrected chi connectivity index (χ4v) is 1.20. The lowest BCUT2D eigenvalue weighted by atomic mass is 10.1. The maximum Gasteiger partial charge on any atom is 0.339 e. The molecule has 0 spiro atoms. The molecule has 0 heterocycles. The average Bonchev–Trinajstić information content (AvgIpc) is 2.19. The maximum atomic E-state index is 12.8. The zero-order valence-corrected chi connectivity index (χ0v) is 9.37. The monoisotopic (exact) mass is 226 g/mol. The Morgan fingerprint density at radius 2 is 2.19 bits per heavy atom. The van der Waals surface area contributed by atoms with E-state index in [1.807, 2.05) is 13.8 Å². The minimum atomic E-state index is -1.18. The zero-order valence-electron chi connectivity index (χ0n) is 9.37. The van der Waals surface area contributed by atoms with Gasteiger partial charge in [0, 0.05) is 0 Å². The summed E-state index contributed by atoms with van der Waals surface area (Å²) in [6.45, 7) is 4.53. The van der Waals surface area contributed by atoms with Crippen molar-refractivity contribution < 1.29 is 19.0 Å². The summed E-state index contributed by atoms with van der Waals surface area (Å²) >= 11 is 0. The fraction of sp³-hybridized carbons (Fsp3) is 0.417. The lowest BCUT2D eigenvalue weighted by Gasteiger charge is -2.10. The van der Waals surface area contributed by atoms with Crippen LogP contribution in [0, 0.1) is 11.7 Å². The van der Waals surface area contributed by atoms with Gasteiger partial charge in [0.1, 0.15) is 17.1 Å². The first-order chi connectivity index (χ1) is 7.50. The van der Waals surface area contributed by atoms with Crippen molar-refractivity contribution in [3.05, 3.63) is 29.6 Å². The number of rotatable bonds is 5. The summed E-state index contributed by atoms with van der Waals surface area (Å²) in [5, 5.41) is 8.85. The van der Waals surface area contributed by atoms with Crippen LogP contribution in [0.5, 0.6) is 5.75 Å². The predicted molar refractivity (Wildman–Crippen MR) is 58.3 cm³/mol. The van der Waals surface area contributed by atoms with Gasteiger partial charge in [-0.1, -0.05) is 13.8 Å². The quantitative estimate of drug-likeness (QED) is 0.839. The Balaban J connectivity index is 2.75. The highest BCUT2D eigenvalue weighted by atomic mass is 19.1. The number of halogens is 1. The fourth-order valence-electron chi connectivity index (χ4n) is 1.20. The first-order valence-corrected chi connectivity index (χ1v) is 5.16. The van der Waals surface area contributed by atoms with Crippen molar-refractivity contribution in [2.45, 2.75) is 20.3 Å². The van der Waals surface area contributed by atoms with Crippen LogP contribution in [-0.2, 0) is 0 Å². The van der Waals surface area contributed by atoms with E-state index in [9.17, 15) is 9.18 Å². The van der Waals surface area contributed by atoms with E-state index in [4.69, 9.17) is 9.84 Å². The number of hydrogen-bond acceptors (Lipinski definition) is 2. The van der Waals surface area contributed by atoms with Gasteiger partial charge in [0.15, 0.2) is 0 Å². The molecule has 1 rings (SSSR count). The molecule has 3 nitrogen and oxygen atoms in total. The lowest BCUT2D eigenvalue weighted by Crippen LogP contribution is -2.06. The molecule has 0 saturated heterocycles. The van der Waals surface area contributed by atoms with E-state index in [0.717, 1.165) is 12.5 Å². The Kier molecular flexibility index (Phi) is 4.28. The van der Waals surface area contributed by atoms with Crippen LogP contribution in [0.25, 0.3) is 0 Å². The number of carboxylic acid groups (broad SMARTS) is 1. The highest BCUT2D eigenvalue weighted by molar-refractivity contribution is 5.90. The number of aromatic carboxylic acids is 1. The van der Waals surface area contributed by atoms with Crippen molar-refractivity contribution in [3.63, 3.8) is 0 Å². The third-order valence-corrected chi connectivity index (χ3v) is 2.12. The SMILES string of the molecule is CC(C)CCOc1ccc(F)cc1C(=O)O. The summed E-state index contributed by atoms with van der Waals surface area (Å²) in [5.41, 5.74) is -0.135. The average molecular weight is 226 g/mol. The maximum absolute atomic E-state index is 12.8. The van der Waals surface area contributed by atoms with Crippen molar-refractivity contribution >= 4 is 5.97 Å². The Morgan fingerprint density at radius 3 is 2.75 bits per heavy atom. The van der Waals surface area contributed by atoms with Crippen molar-refractivity contribution in [2.24, 2.45) is 5.92 Å². The first-order valence-electron chi connectivity index (χ1n) is 5.16. The number of hydrogen-bond donors (Lipinski definition) is 1. The zero-order chi connectivity index (χ0) is 12.1. The molecule has 16 heavy (non-hydrogen) atoms. The van der Waals surface area contributed by atoms with Crippen molar-refractivity contribution in [2.75, 3.05) is 6.61 Å². The second-order valence-electron chi connectivity index (χ2n) is 3.98. The number of carbonyl (C=O) groups is 1. The van der Waals surface area contributed by atoms with E-state index >= 15 is 0 Å². The molecule has 0 aliphatic rings. The topological polar surface area (TPSA) is 46.5 Å². The van der Waals surface area contributed by atoms with Crippen LogP contribution in [0.3, 0.4) is 0 Å². The van der Waals surface area contributed by atoms with E-state index in [-0.39, 0.29) is 11.3 Å². The van der Waals surface area contributed by atoms with Crippen LogP contribution >= 0.6 is 0 Å². The molecular formula is C12H15FO3. The van der Waals surface area contributed by atoms with Gasteiger partial charge in [0.05, 0.1) is 6.61 Å². The molecule has 1 aromatic carbocycles.